The van der Waals surface area contributed by atoms with E-state index in [0.717, 1.165) is 6.42 Å². The number of benzene rings is 1. The van der Waals surface area contributed by atoms with Gasteiger partial charge in [0.05, 0.1) is 16.4 Å². The van der Waals surface area contributed by atoms with Gasteiger partial charge in [0, 0.05) is 18.6 Å². The highest BCUT2D eigenvalue weighted by atomic mass is 35.5. The van der Waals surface area contributed by atoms with E-state index in [9.17, 15) is 4.79 Å². The van der Waals surface area contributed by atoms with Crippen LogP contribution in [-0.4, -0.2) is 5.97 Å². The fourth-order valence-corrected chi connectivity index (χ4v) is 1.20. The average Bonchev–Trinajstić information content (AvgIpc) is 2.14. The average molecular weight is 229 g/mol. The summed E-state index contributed by atoms with van der Waals surface area (Å²) in [6.07, 6.45) is 1.10. The SMILES string of the molecule is CCCC(=O)Oc1cc(N)c(Cl)c(N)c1. The molecule has 15 heavy (non-hydrogen) atoms. The first-order valence-electron chi connectivity index (χ1n) is 4.59. The molecule has 0 radical (unpaired) electrons. The van der Waals surface area contributed by atoms with E-state index < -0.39 is 0 Å². The summed E-state index contributed by atoms with van der Waals surface area (Å²) in [7, 11) is 0. The molecule has 0 saturated carbocycles. The van der Waals surface area contributed by atoms with Gasteiger partial charge in [0.2, 0.25) is 0 Å². The van der Waals surface area contributed by atoms with Crippen LogP contribution in [0.25, 0.3) is 0 Å². The molecule has 0 saturated heterocycles. The molecule has 0 unspecified atom stereocenters. The molecule has 0 aromatic heterocycles. The number of nitrogens with two attached hydrogens (primary N) is 2. The number of halogens is 1. The standard InChI is InChI=1S/C10H13ClN2O2/c1-2-3-9(14)15-6-4-7(12)10(11)8(13)5-6/h4-5H,2-3,12-13H2,1H3. The Morgan fingerprint density at radius 3 is 2.40 bits per heavy atom. The molecule has 0 spiro atoms. The third-order valence-corrected chi connectivity index (χ3v) is 2.22. The van der Waals surface area contributed by atoms with E-state index in [1.54, 1.807) is 0 Å². The van der Waals surface area contributed by atoms with Gasteiger partial charge in [0.25, 0.3) is 0 Å². The molecule has 1 rings (SSSR count). The number of ether oxygens (including phenoxy) is 1. The fourth-order valence-electron chi connectivity index (χ4n) is 1.09. The third kappa shape index (κ3) is 3.02. The second kappa shape index (κ2) is 4.89. The Bertz CT molecular complexity index is 357. The maximum Gasteiger partial charge on any atom is 0.311 e. The molecular formula is C10H13ClN2O2. The number of hydrogen-bond donors (Lipinski definition) is 2. The van der Waals surface area contributed by atoms with E-state index >= 15 is 0 Å². The summed E-state index contributed by atoms with van der Waals surface area (Å²) in [6, 6.07) is 2.96. The molecule has 0 aliphatic heterocycles. The molecule has 0 fully saturated rings. The third-order valence-electron chi connectivity index (χ3n) is 1.79. The summed E-state index contributed by atoms with van der Waals surface area (Å²) >= 11 is 5.76. The summed E-state index contributed by atoms with van der Waals surface area (Å²) < 4.78 is 5.01. The maximum absolute atomic E-state index is 11.2. The summed E-state index contributed by atoms with van der Waals surface area (Å²) in [5.74, 6) is 0.0199. The summed E-state index contributed by atoms with van der Waals surface area (Å²) in [4.78, 5) is 11.2. The van der Waals surface area contributed by atoms with Crippen LogP contribution in [0.3, 0.4) is 0 Å². The zero-order valence-corrected chi connectivity index (χ0v) is 9.17. The Hall–Kier alpha value is -1.42. The normalized spacial score (nSPS) is 10.0. The van der Waals surface area contributed by atoms with Crippen LogP contribution < -0.4 is 16.2 Å². The van der Waals surface area contributed by atoms with Gasteiger partial charge in [0.15, 0.2) is 0 Å². The van der Waals surface area contributed by atoms with Gasteiger partial charge in [-0.05, 0) is 6.42 Å². The number of nitrogen functional groups attached to an aromatic ring is 2. The number of rotatable bonds is 3. The summed E-state index contributed by atoms with van der Waals surface area (Å²) in [6.45, 7) is 1.89. The van der Waals surface area contributed by atoms with Crippen LogP contribution >= 0.6 is 11.6 Å². The Morgan fingerprint density at radius 2 is 1.93 bits per heavy atom. The second-order valence-electron chi connectivity index (χ2n) is 3.14. The molecule has 4 nitrogen and oxygen atoms in total. The first-order valence-corrected chi connectivity index (χ1v) is 4.97. The number of anilines is 2. The predicted molar refractivity (Wildman–Crippen MR) is 60.8 cm³/mol. The monoisotopic (exact) mass is 228 g/mol. The van der Waals surface area contributed by atoms with E-state index in [2.05, 4.69) is 0 Å². The summed E-state index contributed by atoms with van der Waals surface area (Å²) in [5, 5.41) is 0.283. The number of carbonyl (C=O) groups excluding carboxylic acids is 1. The largest absolute Gasteiger partial charge is 0.426 e. The van der Waals surface area contributed by atoms with Crippen LogP contribution in [-0.2, 0) is 4.79 Å². The lowest BCUT2D eigenvalue weighted by atomic mass is 10.2. The van der Waals surface area contributed by atoms with Crippen LogP contribution in [0.15, 0.2) is 12.1 Å². The molecule has 4 N–H and O–H groups in total. The second-order valence-corrected chi connectivity index (χ2v) is 3.52. The van der Waals surface area contributed by atoms with Gasteiger partial charge in [-0.2, -0.15) is 0 Å². The van der Waals surface area contributed by atoms with Gasteiger partial charge in [-0.1, -0.05) is 18.5 Å². The van der Waals surface area contributed by atoms with Crippen molar-refractivity contribution < 1.29 is 9.53 Å². The molecular weight excluding hydrogens is 216 g/mol. The van der Waals surface area contributed by atoms with Gasteiger partial charge in [-0.15, -0.1) is 0 Å². The lowest BCUT2D eigenvalue weighted by Gasteiger charge is -2.07. The number of hydrogen-bond acceptors (Lipinski definition) is 4. The van der Waals surface area contributed by atoms with Crippen LogP contribution in [0.1, 0.15) is 19.8 Å². The first kappa shape index (κ1) is 11.7. The van der Waals surface area contributed by atoms with E-state index in [1.165, 1.54) is 12.1 Å². The first-order chi connectivity index (χ1) is 7.04. The molecule has 1 aromatic carbocycles. The zero-order valence-electron chi connectivity index (χ0n) is 8.42. The molecule has 0 heterocycles. The summed E-state index contributed by atoms with van der Waals surface area (Å²) in [5.41, 5.74) is 11.7. The Kier molecular flexibility index (Phi) is 3.80. The number of esters is 1. The van der Waals surface area contributed by atoms with Gasteiger partial charge in [-0.25, -0.2) is 0 Å². The van der Waals surface area contributed by atoms with Crippen molar-refractivity contribution in [2.24, 2.45) is 0 Å². The fraction of sp³-hybridized carbons (Fsp3) is 0.300. The van der Waals surface area contributed by atoms with E-state index in [1.807, 2.05) is 6.92 Å². The van der Waals surface area contributed by atoms with Gasteiger partial charge in [0.1, 0.15) is 5.75 Å². The highest BCUT2D eigenvalue weighted by molar-refractivity contribution is 6.35. The molecule has 0 aliphatic rings. The van der Waals surface area contributed by atoms with Crippen LogP contribution in [0.4, 0.5) is 11.4 Å². The van der Waals surface area contributed by atoms with Crippen molar-refractivity contribution in [3.63, 3.8) is 0 Å². The lowest BCUT2D eigenvalue weighted by Crippen LogP contribution is -2.07. The molecule has 0 atom stereocenters. The van der Waals surface area contributed by atoms with Gasteiger partial charge >= 0.3 is 5.97 Å². The predicted octanol–water partition coefficient (Wildman–Crippen LogP) is 2.21. The Labute approximate surface area is 93.1 Å². The smallest absolute Gasteiger partial charge is 0.311 e. The Balaban J connectivity index is 2.83. The van der Waals surface area contributed by atoms with E-state index in [4.69, 9.17) is 27.8 Å². The zero-order chi connectivity index (χ0) is 11.4. The van der Waals surface area contributed by atoms with Crippen molar-refractivity contribution in [3.05, 3.63) is 17.2 Å². The van der Waals surface area contributed by atoms with Crippen LogP contribution in [0, 0.1) is 0 Å². The Morgan fingerprint density at radius 1 is 1.40 bits per heavy atom. The van der Waals surface area contributed by atoms with Crippen molar-refractivity contribution in [3.8, 4) is 5.75 Å². The highest BCUT2D eigenvalue weighted by Crippen LogP contribution is 2.30. The topological polar surface area (TPSA) is 78.3 Å². The molecule has 0 amide bonds. The lowest BCUT2D eigenvalue weighted by molar-refractivity contribution is -0.134. The molecule has 82 valence electrons. The van der Waals surface area contributed by atoms with Crippen molar-refractivity contribution in [2.45, 2.75) is 19.8 Å². The number of carbonyl (C=O) groups is 1. The van der Waals surface area contributed by atoms with Crippen LogP contribution in [0.5, 0.6) is 5.75 Å². The van der Waals surface area contributed by atoms with Crippen LogP contribution in [0.2, 0.25) is 5.02 Å². The van der Waals surface area contributed by atoms with Crippen molar-refractivity contribution in [1.82, 2.24) is 0 Å². The van der Waals surface area contributed by atoms with Crippen molar-refractivity contribution in [1.29, 1.82) is 0 Å². The molecule has 0 bridgehead atoms. The van der Waals surface area contributed by atoms with Crippen molar-refractivity contribution >= 4 is 28.9 Å². The minimum atomic E-state index is -0.307. The quantitative estimate of drug-likeness (QED) is 0.472. The maximum atomic E-state index is 11.2. The minimum Gasteiger partial charge on any atom is -0.426 e. The minimum absolute atomic E-state index is 0.283. The highest BCUT2D eigenvalue weighted by Gasteiger charge is 2.08. The molecule has 0 aliphatic carbocycles. The van der Waals surface area contributed by atoms with E-state index in [0.29, 0.717) is 23.5 Å². The van der Waals surface area contributed by atoms with Gasteiger partial charge in [-0.3, -0.25) is 4.79 Å². The van der Waals surface area contributed by atoms with Crippen molar-refractivity contribution in [2.75, 3.05) is 11.5 Å². The van der Waals surface area contributed by atoms with Gasteiger partial charge < -0.3 is 16.2 Å². The van der Waals surface area contributed by atoms with E-state index in [-0.39, 0.29) is 11.0 Å². The molecule has 1 aromatic rings. The molecule has 5 heteroatoms.